The van der Waals surface area contributed by atoms with Crippen molar-refractivity contribution in [2.75, 3.05) is 10.6 Å². The lowest BCUT2D eigenvalue weighted by atomic mass is 10.0. The minimum atomic E-state index is -0.421. The van der Waals surface area contributed by atoms with Gasteiger partial charge in [-0.25, -0.2) is 0 Å². The molecule has 0 aliphatic rings. The summed E-state index contributed by atoms with van der Waals surface area (Å²) in [5, 5.41) is 15.4. The summed E-state index contributed by atoms with van der Waals surface area (Å²) in [4.78, 5) is 12.5. The van der Waals surface area contributed by atoms with Crippen molar-refractivity contribution in [2.24, 2.45) is 0 Å². The predicted octanol–water partition coefficient (Wildman–Crippen LogP) is 5.19. The zero-order valence-corrected chi connectivity index (χ0v) is 16.0. The van der Waals surface area contributed by atoms with E-state index < -0.39 is 5.91 Å². The van der Waals surface area contributed by atoms with Crippen LogP contribution in [-0.4, -0.2) is 5.91 Å². The minimum absolute atomic E-state index is 0.0305. The van der Waals surface area contributed by atoms with Crippen LogP contribution in [-0.2, 0) is 4.79 Å². The molecule has 0 fully saturated rings. The average molecular weight is 347 g/mol. The van der Waals surface area contributed by atoms with Gasteiger partial charge in [0.2, 0.25) is 0 Å². The van der Waals surface area contributed by atoms with Crippen molar-refractivity contribution in [3.05, 3.63) is 70.4 Å². The molecule has 1 amide bonds. The van der Waals surface area contributed by atoms with Gasteiger partial charge in [0.05, 0.1) is 0 Å². The third-order valence-electron chi connectivity index (χ3n) is 4.23. The summed E-state index contributed by atoms with van der Waals surface area (Å²) < 4.78 is 0. The highest BCUT2D eigenvalue weighted by Gasteiger charge is 2.13. The fraction of sp³-hybridized carbons (Fsp3) is 0.273. The largest absolute Gasteiger partial charge is 0.360 e. The molecule has 0 saturated heterocycles. The third-order valence-corrected chi connectivity index (χ3v) is 4.23. The van der Waals surface area contributed by atoms with E-state index in [1.165, 1.54) is 11.8 Å². The summed E-state index contributed by atoms with van der Waals surface area (Å²) in [6.07, 6.45) is 1.47. The maximum absolute atomic E-state index is 12.5. The Balaban J connectivity index is 2.23. The molecule has 0 spiro atoms. The molecular formula is C22H25N3O. The first-order chi connectivity index (χ1) is 12.3. The van der Waals surface area contributed by atoms with Gasteiger partial charge in [-0.3, -0.25) is 4.79 Å². The number of nitriles is 1. The molecule has 26 heavy (non-hydrogen) atoms. The van der Waals surface area contributed by atoms with Crippen LogP contribution in [0.4, 0.5) is 11.4 Å². The number of nitrogens with one attached hydrogen (secondary N) is 2. The summed E-state index contributed by atoms with van der Waals surface area (Å²) >= 11 is 0. The van der Waals surface area contributed by atoms with Crippen LogP contribution in [0.2, 0.25) is 0 Å². The van der Waals surface area contributed by atoms with Crippen molar-refractivity contribution in [1.29, 1.82) is 5.26 Å². The van der Waals surface area contributed by atoms with Crippen molar-refractivity contribution < 1.29 is 4.79 Å². The number of hydrogen-bond acceptors (Lipinski definition) is 3. The number of anilines is 2. The van der Waals surface area contributed by atoms with Crippen molar-refractivity contribution in [1.82, 2.24) is 0 Å². The van der Waals surface area contributed by atoms with E-state index >= 15 is 0 Å². The molecule has 2 rings (SSSR count). The lowest BCUT2D eigenvalue weighted by molar-refractivity contribution is -0.112. The third kappa shape index (κ3) is 4.52. The summed E-state index contributed by atoms with van der Waals surface area (Å²) in [5.74, 6) is -0.146. The molecule has 2 aromatic carbocycles. The van der Waals surface area contributed by atoms with Crippen LogP contribution in [0.15, 0.2) is 48.2 Å². The van der Waals surface area contributed by atoms with E-state index in [1.54, 1.807) is 0 Å². The SMILES string of the molecule is Cc1cc(C)c(N/C=C(/C#N)C(=O)Nc2ccccc2C(C)C)c(C)c1. The van der Waals surface area contributed by atoms with E-state index in [9.17, 15) is 10.1 Å². The Morgan fingerprint density at radius 2 is 1.73 bits per heavy atom. The van der Waals surface area contributed by atoms with Gasteiger partial charge in [-0.1, -0.05) is 49.7 Å². The number of carbonyl (C=O) groups is 1. The van der Waals surface area contributed by atoms with Crippen molar-refractivity contribution >= 4 is 17.3 Å². The van der Waals surface area contributed by atoms with Crippen LogP contribution in [0.1, 0.15) is 42.0 Å². The molecule has 4 heteroatoms. The monoisotopic (exact) mass is 347 g/mol. The number of hydrogen-bond donors (Lipinski definition) is 2. The van der Waals surface area contributed by atoms with Gasteiger partial charge < -0.3 is 10.6 Å². The van der Waals surface area contributed by atoms with Crippen LogP contribution in [0.5, 0.6) is 0 Å². The topological polar surface area (TPSA) is 64.9 Å². The molecule has 0 aromatic heterocycles. The number of carbonyl (C=O) groups excluding carboxylic acids is 1. The summed E-state index contributed by atoms with van der Waals surface area (Å²) in [7, 11) is 0. The van der Waals surface area contributed by atoms with E-state index in [-0.39, 0.29) is 11.5 Å². The van der Waals surface area contributed by atoms with E-state index in [2.05, 4.69) is 36.6 Å². The van der Waals surface area contributed by atoms with Gasteiger partial charge in [0.1, 0.15) is 11.6 Å². The van der Waals surface area contributed by atoms with Crippen LogP contribution in [0.25, 0.3) is 0 Å². The summed E-state index contributed by atoms with van der Waals surface area (Å²) in [6, 6.07) is 13.7. The lowest BCUT2D eigenvalue weighted by Gasteiger charge is -2.14. The fourth-order valence-electron chi connectivity index (χ4n) is 3.00. The lowest BCUT2D eigenvalue weighted by Crippen LogP contribution is -2.16. The van der Waals surface area contributed by atoms with Gasteiger partial charge in [0, 0.05) is 17.6 Å². The van der Waals surface area contributed by atoms with Gasteiger partial charge in [-0.15, -0.1) is 0 Å². The molecule has 0 atom stereocenters. The Morgan fingerprint density at radius 1 is 1.12 bits per heavy atom. The Hall–Kier alpha value is -3.06. The maximum atomic E-state index is 12.5. The Kier molecular flexibility index (Phi) is 6.19. The highest BCUT2D eigenvalue weighted by atomic mass is 16.1. The van der Waals surface area contributed by atoms with E-state index in [4.69, 9.17) is 0 Å². The number of para-hydroxylation sites is 1. The van der Waals surface area contributed by atoms with Crippen LogP contribution in [0, 0.1) is 32.1 Å². The molecule has 0 aliphatic carbocycles. The fourth-order valence-corrected chi connectivity index (χ4v) is 3.00. The molecular weight excluding hydrogens is 322 g/mol. The first-order valence-corrected chi connectivity index (χ1v) is 8.68. The summed E-state index contributed by atoms with van der Waals surface area (Å²) in [6.45, 7) is 10.2. The Labute approximate surface area is 155 Å². The Bertz CT molecular complexity index is 865. The van der Waals surface area contributed by atoms with Crippen LogP contribution < -0.4 is 10.6 Å². The molecule has 4 nitrogen and oxygen atoms in total. The molecule has 0 bridgehead atoms. The normalized spacial score (nSPS) is 11.2. The summed E-state index contributed by atoms with van der Waals surface area (Å²) in [5.41, 5.74) is 6.04. The van der Waals surface area contributed by atoms with E-state index in [1.807, 2.05) is 51.1 Å². The molecule has 0 saturated carbocycles. The zero-order valence-electron chi connectivity index (χ0n) is 16.0. The second kappa shape index (κ2) is 8.35. The number of amides is 1. The number of aryl methyl sites for hydroxylation is 3. The van der Waals surface area contributed by atoms with Gasteiger partial charge in [-0.2, -0.15) is 5.26 Å². The van der Waals surface area contributed by atoms with Crippen LogP contribution >= 0.6 is 0 Å². The number of nitrogens with zero attached hydrogens (tertiary/aromatic N) is 1. The Morgan fingerprint density at radius 3 is 2.31 bits per heavy atom. The minimum Gasteiger partial charge on any atom is -0.360 e. The second-order valence-corrected chi connectivity index (χ2v) is 6.78. The molecule has 0 unspecified atom stereocenters. The molecule has 134 valence electrons. The highest BCUT2D eigenvalue weighted by molar-refractivity contribution is 6.07. The van der Waals surface area contributed by atoms with Gasteiger partial charge in [0.15, 0.2) is 0 Å². The van der Waals surface area contributed by atoms with Gasteiger partial charge in [-0.05, 0) is 49.4 Å². The van der Waals surface area contributed by atoms with Crippen molar-refractivity contribution in [3.8, 4) is 6.07 Å². The quantitative estimate of drug-likeness (QED) is 0.577. The standard InChI is InChI=1S/C22H25N3O/c1-14(2)19-8-6-7-9-20(19)25-22(26)18(12-23)13-24-21-16(4)10-15(3)11-17(21)5/h6-11,13-14,24H,1-5H3,(H,25,26)/b18-13-. The van der Waals surface area contributed by atoms with Crippen LogP contribution in [0.3, 0.4) is 0 Å². The van der Waals surface area contributed by atoms with Gasteiger partial charge >= 0.3 is 0 Å². The number of benzene rings is 2. The molecule has 2 aromatic rings. The van der Waals surface area contributed by atoms with Crippen molar-refractivity contribution in [3.63, 3.8) is 0 Å². The second-order valence-electron chi connectivity index (χ2n) is 6.78. The predicted molar refractivity (Wildman–Crippen MR) is 107 cm³/mol. The van der Waals surface area contributed by atoms with E-state index in [0.29, 0.717) is 0 Å². The van der Waals surface area contributed by atoms with Gasteiger partial charge in [0.25, 0.3) is 5.91 Å². The van der Waals surface area contributed by atoms with Crippen molar-refractivity contribution in [2.45, 2.75) is 40.5 Å². The number of rotatable bonds is 5. The zero-order chi connectivity index (χ0) is 19.3. The molecule has 2 N–H and O–H groups in total. The van der Waals surface area contributed by atoms with E-state index in [0.717, 1.165) is 28.1 Å². The maximum Gasteiger partial charge on any atom is 0.267 e. The molecule has 0 heterocycles. The average Bonchev–Trinajstić information content (AvgIpc) is 2.57. The highest BCUT2D eigenvalue weighted by Crippen LogP contribution is 2.25. The molecule has 0 radical (unpaired) electrons. The smallest absolute Gasteiger partial charge is 0.267 e. The first kappa shape index (κ1) is 19.3. The molecule has 0 aliphatic heterocycles. The first-order valence-electron chi connectivity index (χ1n) is 8.68.